The standard InChI is InChI=1S/C15H20F6O/c1-2-3-4-10-11(22-10)8-12-6-5-9(7-12)13(16,14(12,17)18)15(19,20)21/h9-11H,2-8H2,1H3. The summed E-state index contributed by atoms with van der Waals surface area (Å²) in [6, 6.07) is 0. The molecule has 1 heterocycles. The van der Waals surface area contributed by atoms with Gasteiger partial charge in [0.15, 0.2) is 0 Å². The van der Waals surface area contributed by atoms with E-state index in [1.54, 1.807) is 0 Å². The zero-order valence-electron chi connectivity index (χ0n) is 12.4. The number of unbranched alkanes of at least 4 members (excludes halogenated alkanes) is 1. The summed E-state index contributed by atoms with van der Waals surface area (Å²) in [6.07, 6.45) is -4.29. The van der Waals surface area contributed by atoms with Gasteiger partial charge in [-0.2, -0.15) is 13.2 Å². The largest absolute Gasteiger partial charge is 0.428 e. The van der Waals surface area contributed by atoms with Gasteiger partial charge in [0.25, 0.3) is 11.6 Å². The van der Waals surface area contributed by atoms with Crippen LogP contribution in [0.2, 0.25) is 0 Å². The lowest BCUT2D eigenvalue weighted by Gasteiger charge is -2.43. The van der Waals surface area contributed by atoms with Crippen LogP contribution < -0.4 is 0 Å². The topological polar surface area (TPSA) is 12.5 Å². The molecule has 3 rings (SSSR count). The second-order valence-electron chi connectivity index (χ2n) is 7.06. The van der Waals surface area contributed by atoms with E-state index < -0.39 is 41.6 Å². The summed E-state index contributed by atoms with van der Waals surface area (Å²) in [5.74, 6) is -6.00. The minimum atomic E-state index is -5.53. The zero-order chi connectivity index (χ0) is 16.4. The Morgan fingerprint density at radius 3 is 2.36 bits per heavy atom. The molecule has 0 aromatic rings. The first kappa shape index (κ1) is 16.4. The van der Waals surface area contributed by atoms with Crippen LogP contribution in [0.1, 0.15) is 51.9 Å². The Balaban J connectivity index is 1.78. The molecule has 3 fully saturated rings. The van der Waals surface area contributed by atoms with Gasteiger partial charge in [0, 0.05) is 11.3 Å². The highest BCUT2D eigenvalue weighted by Gasteiger charge is 2.87. The summed E-state index contributed by atoms with van der Waals surface area (Å²) in [4.78, 5) is 0. The van der Waals surface area contributed by atoms with E-state index in [1.165, 1.54) is 0 Å². The molecule has 5 atom stereocenters. The molecule has 0 radical (unpaired) electrons. The van der Waals surface area contributed by atoms with Crippen molar-refractivity contribution >= 4 is 0 Å². The number of ether oxygens (including phenoxy) is 1. The van der Waals surface area contributed by atoms with Gasteiger partial charge in [-0.05, 0) is 32.1 Å². The molecule has 3 aliphatic rings. The maximum Gasteiger partial charge on any atom is 0.428 e. The molecule has 0 aromatic carbocycles. The molecule has 0 spiro atoms. The van der Waals surface area contributed by atoms with E-state index in [2.05, 4.69) is 0 Å². The molecule has 2 aliphatic carbocycles. The zero-order valence-corrected chi connectivity index (χ0v) is 12.4. The molecule has 0 aromatic heterocycles. The molecule has 2 bridgehead atoms. The molecule has 0 N–H and O–H groups in total. The Morgan fingerprint density at radius 2 is 1.82 bits per heavy atom. The fourth-order valence-electron chi connectivity index (χ4n) is 4.52. The SMILES string of the molecule is CCCCC1OC1CC12CCC(C1)C(F)(C(F)(F)F)C2(F)F. The van der Waals surface area contributed by atoms with Gasteiger partial charge in [-0.25, -0.2) is 13.2 Å². The number of alkyl halides is 6. The molecular weight excluding hydrogens is 310 g/mol. The summed E-state index contributed by atoms with van der Waals surface area (Å²) < 4.78 is 87.6. The summed E-state index contributed by atoms with van der Waals surface area (Å²) in [5.41, 5.74) is -6.28. The smallest absolute Gasteiger partial charge is 0.370 e. The molecule has 1 aliphatic heterocycles. The Morgan fingerprint density at radius 1 is 1.14 bits per heavy atom. The number of hydrogen-bond acceptors (Lipinski definition) is 1. The van der Waals surface area contributed by atoms with Crippen molar-refractivity contribution in [2.75, 3.05) is 0 Å². The van der Waals surface area contributed by atoms with Crippen LogP contribution in [0.3, 0.4) is 0 Å². The van der Waals surface area contributed by atoms with E-state index in [1.807, 2.05) is 6.92 Å². The van der Waals surface area contributed by atoms with Crippen LogP contribution in [0.15, 0.2) is 0 Å². The Bertz CT molecular complexity index is 450. The Labute approximate surface area is 125 Å². The van der Waals surface area contributed by atoms with Gasteiger partial charge in [-0.3, -0.25) is 0 Å². The predicted molar refractivity (Wildman–Crippen MR) is 67.4 cm³/mol. The van der Waals surface area contributed by atoms with E-state index in [-0.39, 0.29) is 25.4 Å². The number of fused-ring (bicyclic) bond motifs is 2. The van der Waals surface area contributed by atoms with E-state index in [0.717, 1.165) is 19.3 Å². The van der Waals surface area contributed by atoms with Crippen molar-refractivity contribution in [3.8, 4) is 0 Å². The fourth-order valence-corrected chi connectivity index (χ4v) is 4.52. The highest BCUT2D eigenvalue weighted by molar-refractivity contribution is 5.23. The van der Waals surface area contributed by atoms with Crippen molar-refractivity contribution in [2.24, 2.45) is 11.3 Å². The molecule has 5 unspecified atom stereocenters. The van der Waals surface area contributed by atoms with Gasteiger partial charge in [0.1, 0.15) is 0 Å². The van der Waals surface area contributed by atoms with Gasteiger partial charge in [-0.15, -0.1) is 0 Å². The molecule has 1 nitrogen and oxygen atoms in total. The lowest BCUT2D eigenvalue weighted by Crippen LogP contribution is -2.61. The minimum absolute atomic E-state index is 0.0488. The fraction of sp³-hybridized carbons (Fsp3) is 1.00. The Hall–Kier alpha value is -0.460. The molecule has 1 saturated heterocycles. The van der Waals surface area contributed by atoms with Crippen molar-refractivity contribution in [2.45, 2.75) is 81.8 Å². The van der Waals surface area contributed by atoms with Gasteiger partial charge >= 0.3 is 6.18 Å². The van der Waals surface area contributed by atoms with Crippen LogP contribution >= 0.6 is 0 Å². The van der Waals surface area contributed by atoms with Crippen LogP contribution in [0.5, 0.6) is 0 Å². The van der Waals surface area contributed by atoms with Crippen LogP contribution in [0.4, 0.5) is 26.3 Å². The molecule has 2 saturated carbocycles. The lowest BCUT2D eigenvalue weighted by molar-refractivity contribution is -0.330. The van der Waals surface area contributed by atoms with Gasteiger partial charge in [-0.1, -0.05) is 19.8 Å². The van der Waals surface area contributed by atoms with Crippen molar-refractivity contribution in [1.29, 1.82) is 0 Å². The summed E-state index contributed by atoms with van der Waals surface area (Å²) in [6.45, 7) is 1.99. The predicted octanol–water partition coefficient (Wildman–Crippen LogP) is 5.04. The van der Waals surface area contributed by atoms with E-state index in [0.29, 0.717) is 0 Å². The van der Waals surface area contributed by atoms with Crippen LogP contribution in [0.25, 0.3) is 0 Å². The maximum absolute atomic E-state index is 14.5. The highest BCUT2D eigenvalue weighted by Crippen LogP contribution is 2.73. The monoisotopic (exact) mass is 330 g/mol. The first-order valence-corrected chi connectivity index (χ1v) is 7.88. The molecule has 22 heavy (non-hydrogen) atoms. The number of hydrogen-bond donors (Lipinski definition) is 0. The first-order chi connectivity index (χ1) is 10.1. The number of epoxide rings is 1. The first-order valence-electron chi connectivity index (χ1n) is 7.88. The van der Waals surface area contributed by atoms with Crippen LogP contribution in [-0.2, 0) is 4.74 Å². The van der Waals surface area contributed by atoms with E-state index in [4.69, 9.17) is 4.74 Å². The third kappa shape index (κ3) is 1.96. The lowest BCUT2D eigenvalue weighted by atomic mass is 9.71. The maximum atomic E-state index is 14.5. The number of halogens is 6. The number of rotatable bonds is 5. The second kappa shape index (κ2) is 4.77. The van der Waals surface area contributed by atoms with Crippen molar-refractivity contribution in [1.82, 2.24) is 0 Å². The van der Waals surface area contributed by atoms with Crippen LogP contribution in [0, 0.1) is 11.3 Å². The van der Waals surface area contributed by atoms with E-state index >= 15 is 0 Å². The average Bonchev–Trinajstić information content (AvgIpc) is 2.92. The van der Waals surface area contributed by atoms with Crippen molar-refractivity contribution < 1.29 is 31.1 Å². The molecular formula is C15H20F6O. The highest BCUT2D eigenvalue weighted by atomic mass is 19.4. The normalized spacial score (nSPS) is 46.2. The minimum Gasteiger partial charge on any atom is -0.370 e. The summed E-state index contributed by atoms with van der Waals surface area (Å²) in [7, 11) is 0. The molecule has 7 heteroatoms. The molecule has 128 valence electrons. The van der Waals surface area contributed by atoms with Crippen LogP contribution in [-0.4, -0.2) is 30.0 Å². The molecule has 0 amide bonds. The average molecular weight is 330 g/mol. The summed E-state index contributed by atoms with van der Waals surface area (Å²) >= 11 is 0. The summed E-state index contributed by atoms with van der Waals surface area (Å²) in [5, 5.41) is 0. The van der Waals surface area contributed by atoms with Gasteiger partial charge in [0.2, 0.25) is 0 Å². The quantitative estimate of drug-likeness (QED) is 0.508. The van der Waals surface area contributed by atoms with Crippen molar-refractivity contribution in [3.05, 3.63) is 0 Å². The van der Waals surface area contributed by atoms with Crippen molar-refractivity contribution in [3.63, 3.8) is 0 Å². The van der Waals surface area contributed by atoms with Gasteiger partial charge in [0.05, 0.1) is 12.2 Å². The van der Waals surface area contributed by atoms with E-state index in [9.17, 15) is 26.3 Å². The third-order valence-electron chi connectivity index (χ3n) is 5.83. The third-order valence-corrected chi connectivity index (χ3v) is 5.83. The Kier molecular flexibility index (Phi) is 3.56. The second-order valence-corrected chi connectivity index (χ2v) is 7.06. The van der Waals surface area contributed by atoms with Gasteiger partial charge < -0.3 is 4.74 Å².